The Balaban J connectivity index is 1.89. The molecule has 2 N–H and O–H groups in total. The molecule has 0 unspecified atom stereocenters. The number of allylic oxidation sites excluding steroid dienone is 1. The van der Waals surface area contributed by atoms with Crippen LogP contribution in [0.2, 0.25) is 5.02 Å². The molecule has 1 aromatic heterocycles. The van der Waals surface area contributed by atoms with Crippen LogP contribution in [-0.4, -0.2) is 15.9 Å². The van der Waals surface area contributed by atoms with Gasteiger partial charge in [0.2, 0.25) is 0 Å². The van der Waals surface area contributed by atoms with Gasteiger partial charge in [-0.05, 0) is 42.0 Å². The normalized spacial score (nSPS) is 11.4. The van der Waals surface area contributed by atoms with Crippen LogP contribution in [-0.2, 0) is 0 Å². The zero-order valence-corrected chi connectivity index (χ0v) is 12.1. The van der Waals surface area contributed by atoms with Gasteiger partial charge in [0.05, 0.1) is 5.02 Å². The molecular weight excluding hydrogens is 305 g/mol. The van der Waals surface area contributed by atoms with E-state index in [2.05, 4.69) is 4.98 Å². The van der Waals surface area contributed by atoms with Gasteiger partial charge in [-0.1, -0.05) is 23.7 Å². The maximum Gasteiger partial charge on any atom is 0.187 e. The number of hydrogen-bond acceptors (Lipinski definition) is 2. The molecule has 0 radical (unpaired) electrons. The van der Waals surface area contributed by atoms with E-state index in [0.29, 0.717) is 22.0 Å². The molecule has 0 amide bonds. The molecule has 0 bridgehead atoms. The van der Waals surface area contributed by atoms with Gasteiger partial charge >= 0.3 is 0 Å². The van der Waals surface area contributed by atoms with Gasteiger partial charge in [-0.3, -0.25) is 4.79 Å². The number of aromatic amines is 1. The summed E-state index contributed by atoms with van der Waals surface area (Å²) >= 11 is 5.81. The first kappa shape index (κ1) is 14.4. The van der Waals surface area contributed by atoms with Crippen molar-refractivity contribution in [3.8, 4) is 5.75 Å². The van der Waals surface area contributed by atoms with Gasteiger partial charge in [0.1, 0.15) is 11.6 Å². The average molecular weight is 316 g/mol. The molecule has 1 heterocycles. The highest BCUT2D eigenvalue weighted by molar-refractivity contribution is 6.32. The van der Waals surface area contributed by atoms with Crippen LogP contribution in [0.25, 0.3) is 17.0 Å². The van der Waals surface area contributed by atoms with Crippen molar-refractivity contribution in [1.82, 2.24) is 4.98 Å². The van der Waals surface area contributed by atoms with Crippen molar-refractivity contribution in [2.24, 2.45) is 0 Å². The van der Waals surface area contributed by atoms with Crippen molar-refractivity contribution in [3.05, 3.63) is 70.6 Å². The lowest BCUT2D eigenvalue weighted by atomic mass is 10.1. The third kappa shape index (κ3) is 2.73. The Bertz CT molecular complexity index is 899. The number of phenols is 1. The third-order valence-electron chi connectivity index (χ3n) is 3.31. The molecule has 0 saturated carbocycles. The Morgan fingerprint density at radius 2 is 2.05 bits per heavy atom. The maximum absolute atomic E-state index is 13.1. The summed E-state index contributed by atoms with van der Waals surface area (Å²) in [4.78, 5) is 15.1. The molecular formula is C17H11ClFNO2. The summed E-state index contributed by atoms with van der Waals surface area (Å²) in [5, 5.41) is 10.2. The zero-order chi connectivity index (χ0) is 15.7. The lowest BCUT2D eigenvalue weighted by Gasteiger charge is -1.98. The summed E-state index contributed by atoms with van der Waals surface area (Å²) in [6, 6.07) is 8.90. The number of fused-ring (bicyclic) bond motifs is 1. The molecule has 0 aliphatic carbocycles. The van der Waals surface area contributed by atoms with E-state index in [1.807, 2.05) is 0 Å². The minimum atomic E-state index is -0.359. The predicted octanol–water partition coefficient (Wildman–Crippen LogP) is 4.56. The highest BCUT2D eigenvalue weighted by Crippen LogP contribution is 2.24. The molecule has 3 rings (SSSR count). The average Bonchev–Trinajstić information content (AvgIpc) is 2.91. The van der Waals surface area contributed by atoms with Gasteiger partial charge < -0.3 is 10.1 Å². The van der Waals surface area contributed by atoms with E-state index in [0.717, 1.165) is 0 Å². The summed E-state index contributed by atoms with van der Waals surface area (Å²) in [6.45, 7) is 0. The number of rotatable bonds is 3. The molecule has 3 nitrogen and oxygen atoms in total. The number of hydrogen-bond donors (Lipinski definition) is 2. The zero-order valence-electron chi connectivity index (χ0n) is 11.3. The number of aromatic hydroxyl groups is 1. The minimum Gasteiger partial charge on any atom is -0.506 e. The summed E-state index contributed by atoms with van der Waals surface area (Å²) in [5.74, 6) is -0.575. The Kier molecular flexibility index (Phi) is 3.69. The minimum absolute atomic E-state index is 0.0104. The van der Waals surface area contributed by atoms with Crippen LogP contribution < -0.4 is 0 Å². The fourth-order valence-corrected chi connectivity index (χ4v) is 2.38. The first-order valence-corrected chi connectivity index (χ1v) is 6.90. The predicted molar refractivity (Wildman–Crippen MR) is 84.7 cm³/mol. The molecule has 110 valence electrons. The number of ketones is 1. The van der Waals surface area contributed by atoms with Crippen LogP contribution in [0.4, 0.5) is 4.39 Å². The van der Waals surface area contributed by atoms with Crippen molar-refractivity contribution in [2.45, 2.75) is 0 Å². The number of aromatic nitrogens is 1. The second kappa shape index (κ2) is 5.66. The van der Waals surface area contributed by atoms with Crippen molar-refractivity contribution in [3.63, 3.8) is 0 Å². The van der Waals surface area contributed by atoms with Gasteiger partial charge in [-0.15, -0.1) is 0 Å². The van der Waals surface area contributed by atoms with E-state index in [9.17, 15) is 14.3 Å². The fourth-order valence-electron chi connectivity index (χ4n) is 2.19. The molecule has 3 aromatic rings. The summed E-state index contributed by atoms with van der Waals surface area (Å²) in [5.41, 5.74) is 1.74. The number of carbonyl (C=O) groups is 1. The molecule has 0 saturated heterocycles. The largest absolute Gasteiger partial charge is 0.506 e. The SMILES string of the molecule is O=C(/C=C/c1ccc(O)c(Cl)c1)c1c[nH]c2cc(F)ccc12. The molecule has 22 heavy (non-hydrogen) atoms. The highest BCUT2D eigenvalue weighted by Gasteiger charge is 2.10. The van der Waals surface area contributed by atoms with E-state index < -0.39 is 0 Å². The molecule has 0 spiro atoms. The molecule has 2 aromatic carbocycles. The van der Waals surface area contributed by atoms with Gasteiger partial charge in [0.25, 0.3) is 0 Å². The second-order valence-corrected chi connectivity index (χ2v) is 5.21. The Morgan fingerprint density at radius 1 is 1.23 bits per heavy atom. The standard InChI is InChI=1S/C17H11ClFNO2/c18-14-7-10(2-6-17(14)22)1-5-16(21)13-9-20-15-8-11(19)3-4-12(13)15/h1-9,20,22H/b5-1+. The van der Waals surface area contributed by atoms with Crippen molar-refractivity contribution in [1.29, 1.82) is 0 Å². The van der Waals surface area contributed by atoms with Gasteiger partial charge in [-0.25, -0.2) is 4.39 Å². The van der Waals surface area contributed by atoms with Gasteiger partial charge in [0, 0.05) is 22.7 Å². The summed E-state index contributed by atoms with van der Waals surface area (Å²) in [7, 11) is 0. The van der Waals surface area contributed by atoms with E-state index in [-0.39, 0.29) is 22.4 Å². The van der Waals surface area contributed by atoms with Gasteiger partial charge in [-0.2, -0.15) is 0 Å². The maximum atomic E-state index is 13.1. The fraction of sp³-hybridized carbons (Fsp3) is 0. The van der Waals surface area contributed by atoms with Crippen LogP contribution in [0.15, 0.2) is 48.7 Å². The van der Waals surface area contributed by atoms with E-state index in [1.54, 1.807) is 30.5 Å². The number of phenolic OH excluding ortho intramolecular Hbond substituents is 1. The van der Waals surface area contributed by atoms with Gasteiger partial charge in [0.15, 0.2) is 5.78 Å². The number of benzene rings is 2. The molecule has 5 heteroatoms. The van der Waals surface area contributed by atoms with Crippen molar-refractivity contribution >= 4 is 34.4 Å². The van der Waals surface area contributed by atoms with E-state index in [4.69, 9.17) is 11.6 Å². The van der Waals surface area contributed by atoms with Crippen LogP contribution in [0.5, 0.6) is 5.75 Å². The smallest absolute Gasteiger partial charge is 0.187 e. The number of nitrogens with one attached hydrogen (secondary N) is 1. The molecule has 0 fully saturated rings. The highest BCUT2D eigenvalue weighted by atomic mass is 35.5. The monoisotopic (exact) mass is 315 g/mol. The Morgan fingerprint density at radius 3 is 2.82 bits per heavy atom. The summed E-state index contributed by atoms with van der Waals surface area (Å²) in [6.07, 6.45) is 4.57. The summed E-state index contributed by atoms with van der Waals surface area (Å²) < 4.78 is 13.1. The Labute approximate surface area is 130 Å². The third-order valence-corrected chi connectivity index (χ3v) is 3.61. The quantitative estimate of drug-likeness (QED) is 0.550. The van der Waals surface area contributed by atoms with Crippen molar-refractivity contribution in [2.75, 3.05) is 0 Å². The van der Waals surface area contributed by atoms with E-state index >= 15 is 0 Å². The topological polar surface area (TPSA) is 53.1 Å². The van der Waals surface area contributed by atoms with Crippen LogP contribution >= 0.6 is 11.6 Å². The van der Waals surface area contributed by atoms with Crippen LogP contribution in [0, 0.1) is 5.82 Å². The van der Waals surface area contributed by atoms with Crippen LogP contribution in [0.3, 0.4) is 0 Å². The first-order valence-electron chi connectivity index (χ1n) is 6.52. The first-order chi connectivity index (χ1) is 10.5. The van der Waals surface area contributed by atoms with E-state index in [1.165, 1.54) is 24.3 Å². The number of carbonyl (C=O) groups excluding carboxylic acids is 1. The lowest BCUT2D eigenvalue weighted by molar-refractivity contribution is 0.104. The lowest BCUT2D eigenvalue weighted by Crippen LogP contribution is -1.92. The Hall–Kier alpha value is -2.59. The molecule has 0 aliphatic rings. The molecule has 0 atom stereocenters. The number of H-pyrrole nitrogens is 1. The van der Waals surface area contributed by atoms with Crippen LogP contribution in [0.1, 0.15) is 15.9 Å². The number of halogens is 2. The molecule has 0 aliphatic heterocycles. The van der Waals surface area contributed by atoms with Crippen molar-refractivity contribution < 1.29 is 14.3 Å². The second-order valence-electron chi connectivity index (χ2n) is 4.80.